The van der Waals surface area contributed by atoms with Crippen LogP contribution in [0, 0.1) is 13.8 Å². The van der Waals surface area contributed by atoms with Gasteiger partial charge in [0.15, 0.2) is 0 Å². The summed E-state index contributed by atoms with van der Waals surface area (Å²) in [6, 6.07) is 11.0. The second-order valence-electron chi connectivity index (χ2n) is 9.51. The van der Waals surface area contributed by atoms with Crippen LogP contribution in [0.3, 0.4) is 0 Å². The molecule has 2 aromatic rings. The highest BCUT2D eigenvalue weighted by molar-refractivity contribution is 6.31. The average molecular weight is 536 g/mol. The molecule has 0 radical (unpaired) electrons. The Bertz CT molecular complexity index is 978. The van der Waals surface area contributed by atoms with Crippen LogP contribution in [0.4, 0.5) is 0 Å². The molecule has 0 aromatic heterocycles. The number of hydrogen-bond donors (Lipinski definition) is 0. The van der Waals surface area contributed by atoms with Crippen LogP contribution in [0.15, 0.2) is 36.4 Å². The number of benzene rings is 2. The Labute approximate surface area is 224 Å². The fraction of sp³-hybridized carbons (Fsp3) is 0.500. The Balaban J connectivity index is 1.39. The molecule has 2 amide bonds. The van der Waals surface area contributed by atoms with E-state index in [-0.39, 0.29) is 23.9 Å². The van der Waals surface area contributed by atoms with Gasteiger partial charge in [-0.3, -0.25) is 9.59 Å². The minimum atomic E-state index is -0.0231. The van der Waals surface area contributed by atoms with Gasteiger partial charge in [0.05, 0.1) is 13.2 Å². The molecular formula is C28H36Cl2N2O4. The highest BCUT2D eigenvalue weighted by Gasteiger charge is 2.33. The maximum atomic E-state index is 12.9. The van der Waals surface area contributed by atoms with E-state index in [1.54, 1.807) is 12.1 Å². The maximum absolute atomic E-state index is 12.9. The van der Waals surface area contributed by atoms with Crippen molar-refractivity contribution in [1.29, 1.82) is 0 Å². The predicted octanol–water partition coefficient (Wildman–Crippen LogP) is 6.08. The number of amides is 2. The number of hydrogen-bond acceptors (Lipinski definition) is 4. The van der Waals surface area contributed by atoms with Crippen LogP contribution in [0.25, 0.3) is 0 Å². The second kappa shape index (κ2) is 13.2. The van der Waals surface area contributed by atoms with Crippen molar-refractivity contribution in [3.05, 3.63) is 57.6 Å². The van der Waals surface area contributed by atoms with Gasteiger partial charge >= 0.3 is 0 Å². The Kier molecular flexibility index (Phi) is 10.3. The number of rotatable bonds is 10. The number of halogens is 2. The Hall–Kier alpha value is -2.44. The molecule has 0 spiro atoms. The summed E-state index contributed by atoms with van der Waals surface area (Å²) in [4.78, 5) is 29.5. The zero-order chi connectivity index (χ0) is 26.2. The summed E-state index contributed by atoms with van der Waals surface area (Å²) in [5, 5.41) is 1.36. The third-order valence-electron chi connectivity index (χ3n) is 6.49. The average Bonchev–Trinajstić information content (AvgIpc) is 2.82. The van der Waals surface area contributed by atoms with E-state index in [2.05, 4.69) is 0 Å². The number of carbonyl (C=O) groups is 2. The molecule has 1 saturated heterocycles. The second-order valence-corrected chi connectivity index (χ2v) is 10.4. The number of nitrogens with zero attached hydrogens (tertiary/aromatic N) is 2. The number of ether oxygens (including phenoxy) is 2. The van der Waals surface area contributed by atoms with Crippen molar-refractivity contribution in [3.63, 3.8) is 0 Å². The van der Waals surface area contributed by atoms with E-state index in [1.165, 1.54) is 0 Å². The van der Waals surface area contributed by atoms with Crippen LogP contribution in [-0.4, -0.2) is 60.0 Å². The molecular weight excluding hydrogens is 499 g/mol. The summed E-state index contributed by atoms with van der Waals surface area (Å²) in [5.41, 5.74) is 1.95. The molecule has 6 nitrogen and oxygen atoms in total. The predicted molar refractivity (Wildman–Crippen MR) is 144 cm³/mol. The Morgan fingerprint density at radius 3 is 1.53 bits per heavy atom. The minimum absolute atomic E-state index is 0.0231. The molecule has 196 valence electrons. The molecule has 1 heterocycles. The van der Waals surface area contributed by atoms with Crippen molar-refractivity contribution in [2.75, 3.05) is 26.3 Å². The van der Waals surface area contributed by atoms with E-state index in [9.17, 15) is 9.59 Å². The fourth-order valence-electron chi connectivity index (χ4n) is 4.47. The summed E-state index contributed by atoms with van der Waals surface area (Å²) >= 11 is 12.0. The highest BCUT2D eigenvalue weighted by atomic mass is 35.5. The van der Waals surface area contributed by atoms with Gasteiger partial charge in [0.2, 0.25) is 11.8 Å². The van der Waals surface area contributed by atoms with E-state index in [0.29, 0.717) is 62.0 Å². The van der Waals surface area contributed by atoms with E-state index in [1.807, 2.05) is 61.8 Å². The fourth-order valence-corrected chi connectivity index (χ4v) is 4.92. The molecule has 1 aliphatic heterocycles. The summed E-state index contributed by atoms with van der Waals surface area (Å²) < 4.78 is 11.6. The number of piperazine rings is 1. The lowest BCUT2D eigenvalue weighted by molar-refractivity contribution is -0.146. The lowest BCUT2D eigenvalue weighted by Gasteiger charge is -2.44. The van der Waals surface area contributed by atoms with E-state index >= 15 is 0 Å². The van der Waals surface area contributed by atoms with E-state index < -0.39 is 0 Å². The molecule has 0 aliphatic carbocycles. The van der Waals surface area contributed by atoms with Crippen LogP contribution >= 0.6 is 23.2 Å². The standard InChI is InChI=1S/C28H36Cl2N2O4/c1-19-15-23(29)9-11-25(19)35-13-5-7-27(33)31-17-22(4)32(18-21(31)3)28(34)8-6-14-36-26-12-10-24(30)16-20(26)2/h9-12,15-16,21-22H,5-8,13-14,17-18H2,1-4H3. The molecule has 0 N–H and O–H groups in total. The molecule has 36 heavy (non-hydrogen) atoms. The van der Waals surface area contributed by atoms with Gasteiger partial charge in [-0.05, 0) is 88.1 Å². The van der Waals surface area contributed by atoms with Gasteiger partial charge in [-0.2, -0.15) is 0 Å². The molecule has 2 unspecified atom stereocenters. The monoisotopic (exact) mass is 534 g/mol. The normalized spacial score (nSPS) is 17.7. The summed E-state index contributed by atoms with van der Waals surface area (Å²) in [6.45, 7) is 9.93. The van der Waals surface area contributed by atoms with E-state index in [4.69, 9.17) is 32.7 Å². The first-order chi connectivity index (χ1) is 17.2. The van der Waals surface area contributed by atoms with Gasteiger partial charge in [0, 0.05) is 48.1 Å². The van der Waals surface area contributed by atoms with Gasteiger partial charge in [0.25, 0.3) is 0 Å². The van der Waals surface area contributed by atoms with Gasteiger partial charge in [-0.15, -0.1) is 0 Å². The van der Waals surface area contributed by atoms with Crippen molar-refractivity contribution in [2.45, 2.75) is 65.5 Å². The van der Waals surface area contributed by atoms with Crippen molar-refractivity contribution >= 4 is 35.0 Å². The SMILES string of the molecule is Cc1cc(Cl)ccc1OCCCC(=O)N1CC(C)N(C(=O)CCCOc2ccc(Cl)cc2C)CC1C. The molecule has 1 aliphatic rings. The third-order valence-corrected chi connectivity index (χ3v) is 6.96. The quantitative estimate of drug-likeness (QED) is 0.346. The molecule has 8 heteroatoms. The van der Waals surface area contributed by atoms with Crippen LogP contribution in [-0.2, 0) is 9.59 Å². The topological polar surface area (TPSA) is 59.1 Å². The first-order valence-electron chi connectivity index (χ1n) is 12.5. The number of carbonyl (C=O) groups excluding carboxylic acids is 2. The molecule has 2 atom stereocenters. The lowest BCUT2D eigenvalue weighted by Crippen LogP contribution is -2.59. The summed E-state index contributed by atoms with van der Waals surface area (Å²) in [6.07, 6.45) is 2.10. The summed E-state index contributed by atoms with van der Waals surface area (Å²) in [7, 11) is 0. The molecule has 1 fully saturated rings. The Morgan fingerprint density at radius 1 is 0.778 bits per heavy atom. The van der Waals surface area contributed by atoms with Gasteiger partial charge < -0.3 is 19.3 Å². The van der Waals surface area contributed by atoms with Crippen LogP contribution in [0.5, 0.6) is 11.5 Å². The van der Waals surface area contributed by atoms with Crippen LogP contribution in [0.2, 0.25) is 10.0 Å². The van der Waals surface area contributed by atoms with Crippen molar-refractivity contribution in [3.8, 4) is 11.5 Å². The van der Waals surface area contributed by atoms with Gasteiger partial charge in [0.1, 0.15) is 11.5 Å². The molecule has 0 bridgehead atoms. The Morgan fingerprint density at radius 2 is 1.17 bits per heavy atom. The van der Waals surface area contributed by atoms with Crippen molar-refractivity contribution in [1.82, 2.24) is 9.80 Å². The highest BCUT2D eigenvalue weighted by Crippen LogP contribution is 2.24. The van der Waals surface area contributed by atoms with Crippen LogP contribution in [0.1, 0.15) is 50.7 Å². The molecule has 2 aromatic carbocycles. The van der Waals surface area contributed by atoms with Crippen molar-refractivity contribution < 1.29 is 19.1 Å². The number of aryl methyl sites for hydroxylation is 2. The first-order valence-corrected chi connectivity index (χ1v) is 13.3. The van der Waals surface area contributed by atoms with Crippen molar-refractivity contribution in [2.24, 2.45) is 0 Å². The van der Waals surface area contributed by atoms with Gasteiger partial charge in [-0.25, -0.2) is 0 Å². The van der Waals surface area contributed by atoms with E-state index in [0.717, 1.165) is 22.6 Å². The van der Waals surface area contributed by atoms with Gasteiger partial charge in [-0.1, -0.05) is 23.2 Å². The smallest absolute Gasteiger partial charge is 0.223 e. The molecule has 3 rings (SSSR count). The largest absolute Gasteiger partial charge is 0.493 e. The zero-order valence-corrected chi connectivity index (χ0v) is 23.1. The maximum Gasteiger partial charge on any atom is 0.223 e. The third kappa shape index (κ3) is 7.78. The minimum Gasteiger partial charge on any atom is -0.493 e. The molecule has 0 saturated carbocycles. The summed E-state index contributed by atoms with van der Waals surface area (Å²) in [5.74, 6) is 1.78. The lowest BCUT2D eigenvalue weighted by atomic mass is 10.1. The zero-order valence-electron chi connectivity index (χ0n) is 21.6. The van der Waals surface area contributed by atoms with Crippen LogP contribution < -0.4 is 9.47 Å². The first kappa shape index (κ1) is 28.1.